The second kappa shape index (κ2) is 5.35. The van der Waals surface area contributed by atoms with Crippen molar-refractivity contribution in [2.24, 2.45) is 5.41 Å². The van der Waals surface area contributed by atoms with Crippen molar-refractivity contribution in [2.75, 3.05) is 7.05 Å². The van der Waals surface area contributed by atoms with E-state index in [-0.39, 0.29) is 29.0 Å². The molecule has 0 bridgehead atoms. The minimum atomic E-state index is -0.333. The molecule has 0 atom stereocenters. The fourth-order valence-electron chi connectivity index (χ4n) is 2.83. The van der Waals surface area contributed by atoms with Crippen LogP contribution in [0.1, 0.15) is 49.9 Å². The summed E-state index contributed by atoms with van der Waals surface area (Å²) >= 11 is 0. The second-order valence-corrected chi connectivity index (χ2v) is 6.48. The SMILES string of the molecule is CN(C(=O)c1cccc(O)c1O)C1CCC(C)(C)CC1. The average Bonchev–Trinajstić information content (AvgIpc) is 2.40. The smallest absolute Gasteiger partial charge is 0.257 e. The highest BCUT2D eigenvalue weighted by Crippen LogP contribution is 2.37. The summed E-state index contributed by atoms with van der Waals surface area (Å²) in [6, 6.07) is 4.69. The van der Waals surface area contributed by atoms with Crippen molar-refractivity contribution in [3.8, 4) is 11.5 Å². The maximum absolute atomic E-state index is 12.4. The first kappa shape index (κ1) is 14.7. The molecule has 1 amide bonds. The number of rotatable bonds is 2. The van der Waals surface area contributed by atoms with Crippen molar-refractivity contribution in [1.82, 2.24) is 4.90 Å². The molecule has 4 nitrogen and oxygen atoms in total. The molecule has 2 N–H and O–H groups in total. The van der Waals surface area contributed by atoms with Gasteiger partial charge in [0.2, 0.25) is 0 Å². The maximum Gasteiger partial charge on any atom is 0.257 e. The third-order valence-corrected chi connectivity index (χ3v) is 4.42. The van der Waals surface area contributed by atoms with Crippen molar-refractivity contribution < 1.29 is 15.0 Å². The molecule has 1 aliphatic rings. The number of hydrogen-bond acceptors (Lipinski definition) is 3. The van der Waals surface area contributed by atoms with Gasteiger partial charge in [-0.25, -0.2) is 0 Å². The molecule has 4 heteroatoms. The summed E-state index contributed by atoms with van der Waals surface area (Å²) in [4.78, 5) is 14.1. The van der Waals surface area contributed by atoms with Crippen LogP contribution in [0.2, 0.25) is 0 Å². The molecule has 1 saturated carbocycles. The third-order valence-electron chi connectivity index (χ3n) is 4.42. The number of phenols is 2. The van der Waals surface area contributed by atoms with Gasteiger partial charge in [-0.05, 0) is 43.2 Å². The van der Waals surface area contributed by atoms with Gasteiger partial charge >= 0.3 is 0 Å². The molecule has 0 spiro atoms. The van der Waals surface area contributed by atoms with Gasteiger partial charge in [-0.3, -0.25) is 4.79 Å². The molecule has 0 radical (unpaired) electrons. The molecule has 20 heavy (non-hydrogen) atoms. The molecular weight excluding hydrogens is 254 g/mol. The first-order chi connectivity index (χ1) is 9.32. The van der Waals surface area contributed by atoms with Crippen molar-refractivity contribution in [3.05, 3.63) is 23.8 Å². The summed E-state index contributed by atoms with van der Waals surface area (Å²) in [5.74, 6) is -0.822. The highest BCUT2D eigenvalue weighted by molar-refractivity contribution is 5.97. The van der Waals surface area contributed by atoms with Gasteiger partial charge in [-0.15, -0.1) is 0 Å². The van der Waals surface area contributed by atoms with Crippen LogP contribution in [-0.2, 0) is 0 Å². The third kappa shape index (κ3) is 2.89. The molecule has 0 unspecified atom stereocenters. The number of carbonyl (C=O) groups excluding carboxylic acids is 1. The molecule has 110 valence electrons. The van der Waals surface area contributed by atoms with E-state index in [1.54, 1.807) is 24.1 Å². The summed E-state index contributed by atoms with van der Waals surface area (Å²) in [5.41, 5.74) is 0.519. The van der Waals surface area contributed by atoms with Gasteiger partial charge in [0.15, 0.2) is 11.5 Å². The summed E-state index contributed by atoms with van der Waals surface area (Å²) in [7, 11) is 1.77. The number of amides is 1. The van der Waals surface area contributed by atoms with Crippen LogP contribution in [0.3, 0.4) is 0 Å². The maximum atomic E-state index is 12.4. The van der Waals surface area contributed by atoms with E-state index >= 15 is 0 Å². The van der Waals surface area contributed by atoms with E-state index in [0.29, 0.717) is 5.41 Å². The molecule has 1 aromatic carbocycles. The average molecular weight is 277 g/mol. The number of para-hydroxylation sites is 1. The van der Waals surface area contributed by atoms with Crippen molar-refractivity contribution in [1.29, 1.82) is 0 Å². The molecule has 0 aromatic heterocycles. The normalized spacial score (nSPS) is 18.8. The van der Waals surface area contributed by atoms with Crippen molar-refractivity contribution in [2.45, 2.75) is 45.6 Å². The lowest BCUT2D eigenvalue weighted by atomic mass is 9.75. The Kier molecular flexibility index (Phi) is 3.93. The zero-order chi connectivity index (χ0) is 14.9. The fourth-order valence-corrected chi connectivity index (χ4v) is 2.83. The Labute approximate surface area is 120 Å². The fraction of sp³-hybridized carbons (Fsp3) is 0.562. The first-order valence-electron chi connectivity index (χ1n) is 7.10. The van der Waals surface area contributed by atoms with E-state index < -0.39 is 0 Å². The Morgan fingerprint density at radius 2 is 1.85 bits per heavy atom. The number of carbonyl (C=O) groups is 1. The molecular formula is C16H23NO3. The number of phenolic OH excluding ortho intramolecular Hbond substituents is 2. The van der Waals surface area contributed by atoms with Gasteiger partial charge in [-0.1, -0.05) is 19.9 Å². The van der Waals surface area contributed by atoms with Crippen LogP contribution < -0.4 is 0 Å². The minimum absolute atomic E-state index is 0.164. The van der Waals surface area contributed by atoms with E-state index in [4.69, 9.17) is 0 Å². The van der Waals surface area contributed by atoms with E-state index in [2.05, 4.69) is 13.8 Å². The summed E-state index contributed by atoms with van der Waals surface area (Å²) < 4.78 is 0. The Bertz CT molecular complexity index is 500. The number of nitrogens with zero attached hydrogens (tertiary/aromatic N) is 1. The van der Waals surface area contributed by atoms with E-state index in [1.165, 1.54) is 6.07 Å². The zero-order valence-corrected chi connectivity index (χ0v) is 12.4. The van der Waals surface area contributed by atoms with E-state index in [1.807, 2.05) is 0 Å². The zero-order valence-electron chi connectivity index (χ0n) is 12.4. The van der Waals surface area contributed by atoms with Crippen molar-refractivity contribution >= 4 is 5.91 Å². The van der Waals surface area contributed by atoms with Gasteiger partial charge in [0.25, 0.3) is 5.91 Å². The molecule has 2 rings (SSSR count). The minimum Gasteiger partial charge on any atom is -0.504 e. The van der Waals surface area contributed by atoms with E-state index in [0.717, 1.165) is 25.7 Å². The highest BCUT2D eigenvalue weighted by Gasteiger charge is 2.31. The molecule has 1 aromatic rings. The van der Waals surface area contributed by atoms with Crippen molar-refractivity contribution in [3.63, 3.8) is 0 Å². The number of aromatic hydroxyl groups is 2. The summed E-state index contributed by atoms with van der Waals surface area (Å²) in [5, 5.41) is 19.3. The van der Waals surface area contributed by atoms with Crippen LogP contribution in [0, 0.1) is 5.41 Å². The summed E-state index contributed by atoms with van der Waals surface area (Å²) in [6.07, 6.45) is 4.16. The summed E-state index contributed by atoms with van der Waals surface area (Å²) in [6.45, 7) is 4.51. The Balaban J connectivity index is 2.11. The Morgan fingerprint density at radius 3 is 2.45 bits per heavy atom. The van der Waals surface area contributed by atoms with Crippen LogP contribution >= 0.6 is 0 Å². The van der Waals surface area contributed by atoms with Gasteiger partial charge in [0.05, 0.1) is 5.56 Å². The molecule has 1 aliphatic carbocycles. The monoisotopic (exact) mass is 277 g/mol. The van der Waals surface area contributed by atoms with Crippen LogP contribution in [0.5, 0.6) is 11.5 Å². The second-order valence-electron chi connectivity index (χ2n) is 6.48. The Morgan fingerprint density at radius 1 is 1.25 bits per heavy atom. The number of hydrogen-bond donors (Lipinski definition) is 2. The standard InChI is InChI=1S/C16H23NO3/c1-16(2)9-7-11(8-10-16)17(3)15(20)12-5-4-6-13(18)14(12)19/h4-6,11,18-19H,7-10H2,1-3H3. The van der Waals surface area contributed by atoms with Gasteiger partial charge in [-0.2, -0.15) is 0 Å². The lowest BCUT2D eigenvalue weighted by Crippen LogP contribution is -2.40. The number of benzene rings is 1. The highest BCUT2D eigenvalue weighted by atomic mass is 16.3. The van der Waals surface area contributed by atoms with Gasteiger partial charge in [0.1, 0.15) is 0 Å². The lowest BCUT2D eigenvalue weighted by Gasteiger charge is -2.38. The molecule has 0 heterocycles. The largest absolute Gasteiger partial charge is 0.504 e. The van der Waals surface area contributed by atoms with E-state index in [9.17, 15) is 15.0 Å². The topological polar surface area (TPSA) is 60.8 Å². The molecule has 1 fully saturated rings. The first-order valence-corrected chi connectivity index (χ1v) is 7.10. The van der Waals surface area contributed by atoms with Crippen LogP contribution in [0.4, 0.5) is 0 Å². The lowest BCUT2D eigenvalue weighted by molar-refractivity contribution is 0.0632. The quantitative estimate of drug-likeness (QED) is 0.816. The molecule has 0 aliphatic heterocycles. The molecule has 0 saturated heterocycles. The van der Waals surface area contributed by atoms with Gasteiger partial charge in [0, 0.05) is 13.1 Å². The van der Waals surface area contributed by atoms with Crippen LogP contribution in [0.15, 0.2) is 18.2 Å². The Hall–Kier alpha value is -1.71. The predicted octanol–water partition coefficient (Wildman–Crippen LogP) is 3.14. The van der Waals surface area contributed by atoms with Crippen LogP contribution in [-0.4, -0.2) is 34.1 Å². The van der Waals surface area contributed by atoms with Crippen LogP contribution in [0.25, 0.3) is 0 Å². The predicted molar refractivity (Wildman–Crippen MR) is 77.9 cm³/mol. The van der Waals surface area contributed by atoms with Gasteiger partial charge < -0.3 is 15.1 Å².